The van der Waals surface area contributed by atoms with Gasteiger partial charge in [-0.15, -0.1) is 0 Å². The summed E-state index contributed by atoms with van der Waals surface area (Å²) >= 11 is 0. The number of aromatic nitrogens is 3. The summed E-state index contributed by atoms with van der Waals surface area (Å²) in [7, 11) is 7.82. The minimum absolute atomic E-state index is 0.614. The van der Waals surface area contributed by atoms with Gasteiger partial charge in [0, 0.05) is 47.3 Å². The van der Waals surface area contributed by atoms with Gasteiger partial charge in [0.15, 0.2) is 0 Å². The Kier molecular flexibility index (Phi) is 3.81. The van der Waals surface area contributed by atoms with Crippen molar-refractivity contribution in [2.45, 2.75) is 0 Å². The van der Waals surface area contributed by atoms with E-state index in [4.69, 9.17) is 0 Å². The molecule has 0 amide bonds. The van der Waals surface area contributed by atoms with Crippen LogP contribution < -0.4 is 15.1 Å². The zero-order valence-electron chi connectivity index (χ0n) is 11.5. The zero-order valence-corrected chi connectivity index (χ0v) is 11.5. The highest BCUT2D eigenvalue weighted by Crippen LogP contribution is 2.16. The topological polar surface area (TPSA) is 60.4 Å². The summed E-state index contributed by atoms with van der Waals surface area (Å²) in [5, 5.41) is 2.98. The molecule has 0 bridgehead atoms. The highest BCUT2D eigenvalue weighted by molar-refractivity contribution is 5.44. The van der Waals surface area contributed by atoms with Crippen molar-refractivity contribution >= 4 is 17.8 Å². The molecule has 0 unspecified atom stereocenters. The Labute approximate surface area is 108 Å². The van der Waals surface area contributed by atoms with Crippen molar-refractivity contribution in [2.75, 3.05) is 69.5 Å². The van der Waals surface area contributed by atoms with E-state index in [0.29, 0.717) is 11.9 Å². The molecule has 1 fully saturated rings. The van der Waals surface area contributed by atoms with Crippen LogP contribution in [0.1, 0.15) is 0 Å². The number of nitrogens with one attached hydrogen (secondary N) is 1. The standard InChI is InChI=1S/C11H21N7/c1-12-9-13-10(16(2)3)15-11(14-9)18-7-5-17(4)6-8-18/h5-8H2,1-4H3,(H,12,13,14,15). The Morgan fingerprint density at radius 2 is 1.72 bits per heavy atom. The summed E-state index contributed by atoms with van der Waals surface area (Å²) < 4.78 is 0. The summed E-state index contributed by atoms with van der Waals surface area (Å²) in [4.78, 5) is 19.7. The van der Waals surface area contributed by atoms with Crippen molar-refractivity contribution in [3.63, 3.8) is 0 Å². The first-order valence-electron chi connectivity index (χ1n) is 6.15. The fourth-order valence-electron chi connectivity index (χ4n) is 1.81. The number of rotatable bonds is 3. The average molecular weight is 251 g/mol. The molecule has 1 aliphatic heterocycles. The second-order valence-electron chi connectivity index (χ2n) is 4.69. The van der Waals surface area contributed by atoms with Gasteiger partial charge in [-0.3, -0.25) is 0 Å². The van der Waals surface area contributed by atoms with E-state index >= 15 is 0 Å². The Hall–Kier alpha value is -1.63. The second kappa shape index (κ2) is 5.34. The van der Waals surface area contributed by atoms with Crippen LogP contribution in [0.25, 0.3) is 0 Å². The zero-order chi connectivity index (χ0) is 13.1. The largest absolute Gasteiger partial charge is 0.357 e. The maximum Gasteiger partial charge on any atom is 0.232 e. The van der Waals surface area contributed by atoms with Gasteiger partial charge < -0.3 is 20.0 Å². The van der Waals surface area contributed by atoms with Gasteiger partial charge in [0.25, 0.3) is 0 Å². The van der Waals surface area contributed by atoms with Gasteiger partial charge in [0.05, 0.1) is 0 Å². The molecule has 7 nitrogen and oxygen atoms in total. The maximum atomic E-state index is 4.50. The van der Waals surface area contributed by atoms with E-state index < -0.39 is 0 Å². The van der Waals surface area contributed by atoms with Crippen LogP contribution in [0, 0.1) is 0 Å². The van der Waals surface area contributed by atoms with E-state index in [1.807, 2.05) is 26.0 Å². The lowest BCUT2D eigenvalue weighted by Gasteiger charge is -2.32. The molecule has 0 aromatic carbocycles. The molecule has 2 heterocycles. The van der Waals surface area contributed by atoms with E-state index in [-0.39, 0.29) is 0 Å². The minimum Gasteiger partial charge on any atom is -0.357 e. The fourth-order valence-corrected chi connectivity index (χ4v) is 1.81. The molecule has 100 valence electrons. The maximum absolute atomic E-state index is 4.50. The van der Waals surface area contributed by atoms with Crippen molar-refractivity contribution < 1.29 is 0 Å². The third kappa shape index (κ3) is 2.79. The molecule has 7 heteroatoms. The Bertz CT molecular complexity index is 398. The van der Waals surface area contributed by atoms with E-state index in [1.165, 1.54) is 0 Å². The number of likely N-dealkylation sites (N-methyl/N-ethyl adjacent to an activating group) is 1. The van der Waals surface area contributed by atoms with E-state index in [1.54, 1.807) is 0 Å². The summed E-state index contributed by atoms with van der Waals surface area (Å²) in [5.41, 5.74) is 0. The van der Waals surface area contributed by atoms with Crippen LogP contribution >= 0.6 is 0 Å². The number of hydrogen-bond donors (Lipinski definition) is 1. The van der Waals surface area contributed by atoms with Crippen LogP contribution in [0.15, 0.2) is 0 Å². The molecule has 0 atom stereocenters. The predicted octanol–water partition coefficient (Wildman–Crippen LogP) is -0.269. The van der Waals surface area contributed by atoms with Crippen LogP contribution in [-0.4, -0.2) is 74.2 Å². The number of nitrogens with zero attached hydrogens (tertiary/aromatic N) is 6. The van der Waals surface area contributed by atoms with E-state index in [0.717, 1.165) is 32.1 Å². The molecule has 1 saturated heterocycles. The molecule has 0 radical (unpaired) electrons. The Balaban J connectivity index is 2.23. The quantitative estimate of drug-likeness (QED) is 0.793. The van der Waals surface area contributed by atoms with Gasteiger partial charge in [-0.25, -0.2) is 0 Å². The lowest BCUT2D eigenvalue weighted by Crippen LogP contribution is -2.45. The van der Waals surface area contributed by atoms with Crippen molar-refractivity contribution in [3.05, 3.63) is 0 Å². The van der Waals surface area contributed by atoms with Crippen molar-refractivity contribution in [2.24, 2.45) is 0 Å². The Morgan fingerprint density at radius 1 is 1.06 bits per heavy atom. The van der Waals surface area contributed by atoms with E-state index in [2.05, 4.69) is 37.1 Å². The molecular weight excluding hydrogens is 230 g/mol. The molecule has 1 aliphatic rings. The predicted molar refractivity (Wildman–Crippen MR) is 73.4 cm³/mol. The lowest BCUT2D eigenvalue weighted by molar-refractivity contribution is 0.311. The average Bonchev–Trinajstić information content (AvgIpc) is 2.39. The summed E-state index contributed by atoms with van der Waals surface area (Å²) in [6.07, 6.45) is 0. The van der Waals surface area contributed by atoms with Crippen LogP contribution in [0.4, 0.5) is 17.8 Å². The van der Waals surface area contributed by atoms with Crippen molar-refractivity contribution in [3.8, 4) is 0 Å². The van der Waals surface area contributed by atoms with Crippen molar-refractivity contribution in [1.82, 2.24) is 19.9 Å². The van der Waals surface area contributed by atoms with Gasteiger partial charge >= 0.3 is 0 Å². The van der Waals surface area contributed by atoms with E-state index in [9.17, 15) is 0 Å². The lowest BCUT2D eigenvalue weighted by atomic mass is 10.3. The summed E-state index contributed by atoms with van der Waals surface area (Å²) in [6.45, 7) is 3.99. The molecule has 0 spiro atoms. The van der Waals surface area contributed by atoms with Crippen LogP contribution in [-0.2, 0) is 0 Å². The molecule has 0 aliphatic carbocycles. The fraction of sp³-hybridized carbons (Fsp3) is 0.727. The normalized spacial score (nSPS) is 16.8. The molecule has 0 saturated carbocycles. The smallest absolute Gasteiger partial charge is 0.232 e. The summed E-state index contributed by atoms with van der Waals surface area (Å²) in [6, 6.07) is 0. The highest BCUT2D eigenvalue weighted by Gasteiger charge is 2.18. The van der Waals surface area contributed by atoms with Gasteiger partial charge in [-0.05, 0) is 7.05 Å². The molecule has 1 aromatic heterocycles. The molecule has 1 aromatic rings. The monoisotopic (exact) mass is 251 g/mol. The third-order valence-corrected chi connectivity index (χ3v) is 3.02. The first-order chi connectivity index (χ1) is 8.60. The van der Waals surface area contributed by atoms with Crippen LogP contribution in [0.2, 0.25) is 0 Å². The molecule has 1 N–H and O–H groups in total. The molecule has 2 rings (SSSR count). The number of anilines is 3. The first-order valence-corrected chi connectivity index (χ1v) is 6.15. The van der Waals surface area contributed by atoms with Crippen LogP contribution in [0.3, 0.4) is 0 Å². The summed E-state index contributed by atoms with van der Waals surface area (Å²) in [5.74, 6) is 2.05. The van der Waals surface area contributed by atoms with Crippen molar-refractivity contribution in [1.29, 1.82) is 0 Å². The number of piperazine rings is 1. The Morgan fingerprint density at radius 3 is 2.28 bits per heavy atom. The minimum atomic E-state index is 0.614. The molecular formula is C11H21N7. The van der Waals surface area contributed by atoms with Gasteiger partial charge in [0.2, 0.25) is 17.8 Å². The third-order valence-electron chi connectivity index (χ3n) is 3.02. The van der Waals surface area contributed by atoms with Crippen LogP contribution in [0.5, 0.6) is 0 Å². The van der Waals surface area contributed by atoms with Gasteiger partial charge in [-0.2, -0.15) is 15.0 Å². The van der Waals surface area contributed by atoms with Gasteiger partial charge in [0.1, 0.15) is 0 Å². The molecule has 18 heavy (non-hydrogen) atoms. The van der Waals surface area contributed by atoms with Gasteiger partial charge in [-0.1, -0.05) is 0 Å². The second-order valence-corrected chi connectivity index (χ2v) is 4.69. The highest BCUT2D eigenvalue weighted by atomic mass is 15.4. The first kappa shape index (κ1) is 12.8. The SMILES string of the molecule is CNc1nc(N(C)C)nc(N2CCN(C)CC2)n1. The number of hydrogen-bond acceptors (Lipinski definition) is 7.